The molecule has 0 amide bonds. The molecule has 0 radical (unpaired) electrons. The summed E-state index contributed by atoms with van der Waals surface area (Å²) in [4.78, 5) is 96.9. The molecule has 0 bridgehead atoms. The average molecular weight is 637 g/mol. The van der Waals surface area contributed by atoms with Crippen LogP contribution < -0.4 is 0 Å². The Bertz CT molecular complexity index is 1570. The van der Waals surface area contributed by atoms with Gasteiger partial charge in [-0.05, 0) is 48.8 Å². The number of phenolic OH excluding ortho intramolecular Hbond substituents is 1. The summed E-state index contributed by atoms with van der Waals surface area (Å²) in [6.07, 6.45) is 1.77. The predicted molar refractivity (Wildman–Crippen MR) is 164 cm³/mol. The van der Waals surface area contributed by atoms with E-state index in [-0.39, 0.29) is 30.1 Å². The number of phenols is 1. The number of esters is 1. The highest BCUT2D eigenvalue weighted by Crippen LogP contribution is 2.67. The van der Waals surface area contributed by atoms with Crippen molar-refractivity contribution in [3.63, 3.8) is 0 Å². The number of ketones is 6. The molecule has 46 heavy (non-hydrogen) atoms. The SMILES string of the molecule is CCC(=O)O[C@@H]1[C@]2(C)C(C(=O)c3c(O)ccc(CC(=O)C4CCCC4)c3[C@H]2C)C(=O)[C@@]2(O)C(=O)C(C(C)=O)C(=O)C(C(C)C)[C@@]12C. The maximum Gasteiger partial charge on any atom is 0.305 e. The third kappa shape index (κ3) is 4.27. The Hall–Kier alpha value is -3.53. The summed E-state index contributed by atoms with van der Waals surface area (Å²) in [6, 6.07) is 2.89. The van der Waals surface area contributed by atoms with Crippen molar-refractivity contribution in [2.24, 2.45) is 40.4 Å². The molecular weight excluding hydrogens is 592 g/mol. The number of carbonyl (C=O) groups excluding carboxylic acids is 7. The molecule has 1 aromatic carbocycles. The largest absolute Gasteiger partial charge is 0.507 e. The molecule has 0 aliphatic heterocycles. The topological polar surface area (TPSA) is 169 Å². The van der Waals surface area contributed by atoms with Gasteiger partial charge in [0, 0.05) is 30.1 Å². The zero-order chi connectivity index (χ0) is 34.3. The normalized spacial score (nSPS) is 35.9. The molecule has 8 atom stereocenters. The Morgan fingerprint density at radius 2 is 1.63 bits per heavy atom. The summed E-state index contributed by atoms with van der Waals surface area (Å²) in [5.41, 5.74) is -6.11. The Labute approximate surface area is 268 Å². The molecule has 0 saturated heterocycles. The van der Waals surface area contributed by atoms with Crippen LogP contribution >= 0.6 is 0 Å². The fourth-order valence-corrected chi connectivity index (χ4v) is 9.67. The summed E-state index contributed by atoms with van der Waals surface area (Å²) >= 11 is 0. The van der Waals surface area contributed by atoms with E-state index < -0.39 is 92.8 Å². The summed E-state index contributed by atoms with van der Waals surface area (Å²) in [7, 11) is 0. The number of aliphatic hydroxyl groups is 1. The van der Waals surface area contributed by atoms with Gasteiger partial charge in [-0.25, -0.2) is 0 Å². The number of rotatable bonds is 7. The minimum Gasteiger partial charge on any atom is -0.507 e. The van der Waals surface area contributed by atoms with Crippen molar-refractivity contribution in [2.75, 3.05) is 0 Å². The monoisotopic (exact) mass is 636 g/mol. The zero-order valence-electron chi connectivity index (χ0n) is 27.6. The van der Waals surface area contributed by atoms with Crippen LogP contribution in [0.3, 0.4) is 0 Å². The predicted octanol–water partition coefficient (Wildman–Crippen LogP) is 3.89. The smallest absolute Gasteiger partial charge is 0.305 e. The summed E-state index contributed by atoms with van der Waals surface area (Å²) in [5, 5.41) is 23.6. The van der Waals surface area contributed by atoms with Crippen molar-refractivity contribution < 1.29 is 48.5 Å². The van der Waals surface area contributed by atoms with E-state index in [1.54, 1.807) is 40.7 Å². The zero-order valence-corrected chi connectivity index (χ0v) is 27.6. The van der Waals surface area contributed by atoms with E-state index in [4.69, 9.17) is 4.74 Å². The van der Waals surface area contributed by atoms with Gasteiger partial charge in [-0.3, -0.25) is 33.6 Å². The molecule has 5 rings (SSSR count). The van der Waals surface area contributed by atoms with Crippen LogP contribution in [0.15, 0.2) is 12.1 Å². The van der Waals surface area contributed by atoms with Crippen molar-refractivity contribution in [1.29, 1.82) is 0 Å². The quantitative estimate of drug-likeness (QED) is 0.331. The highest BCUT2D eigenvalue weighted by atomic mass is 16.5. The summed E-state index contributed by atoms with van der Waals surface area (Å²) in [5.74, 6) is -12.8. The first kappa shape index (κ1) is 33.8. The van der Waals surface area contributed by atoms with Crippen molar-refractivity contribution in [2.45, 2.75) is 105 Å². The number of aromatic hydroxyl groups is 1. The molecule has 3 fully saturated rings. The van der Waals surface area contributed by atoms with Gasteiger partial charge < -0.3 is 14.9 Å². The Balaban J connectivity index is 1.81. The van der Waals surface area contributed by atoms with Gasteiger partial charge in [-0.15, -0.1) is 0 Å². The highest BCUT2D eigenvalue weighted by Gasteiger charge is 2.82. The van der Waals surface area contributed by atoms with Crippen LogP contribution in [0.1, 0.15) is 108 Å². The fraction of sp³-hybridized carbons (Fsp3) is 0.639. The molecule has 10 nitrogen and oxygen atoms in total. The number of hydrogen-bond donors (Lipinski definition) is 2. The minimum atomic E-state index is -3.05. The standard InChI is InChI=1S/C36H44O10/c1-8-23(40)46-33-34(6)17(4)24-20(15-22(39)19-11-9-10-12-19)13-14-21(38)26(24)30(42)28(34)32(44)36(45)31(43)25(18(5)37)29(41)27(16(2)3)35(33,36)7/h13-14,16-17,19,25,27-28,33,38,45H,8-12,15H2,1-7H3/t17-,25?,27?,28?,33-,34+,35+,36+/m1/s1. The van der Waals surface area contributed by atoms with Crippen molar-refractivity contribution in [3.8, 4) is 5.75 Å². The van der Waals surface area contributed by atoms with E-state index in [0.29, 0.717) is 11.1 Å². The van der Waals surface area contributed by atoms with E-state index in [9.17, 15) is 43.8 Å². The van der Waals surface area contributed by atoms with Gasteiger partial charge >= 0.3 is 5.97 Å². The second-order valence-corrected chi connectivity index (χ2v) is 14.7. The molecule has 3 saturated carbocycles. The maximum absolute atomic E-state index is 14.8. The van der Waals surface area contributed by atoms with Crippen LogP contribution in [0, 0.1) is 40.4 Å². The van der Waals surface area contributed by atoms with E-state index in [0.717, 1.165) is 32.6 Å². The highest BCUT2D eigenvalue weighted by molar-refractivity contribution is 6.33. The minimum absolute atomic E-state index is 0.00551. The van der Waals surface area contributed by atoms with Gasteiger partial charge in [-0.2, -0.15) is 0 Å². The van der Waals surface area contributed by atoms with Gasteiger partial charge in [0.2, 0.25) is 0 Å². The molecule has 0 spiro atoms. The first-order valence-electron chi connectivity index (χ1n) is 16.4. The second-order valence-electron chi connectivity index (χ2n) is 14.7. The average Bonchev–Trinajstić information content (AvgIpc) is 3.52. The Kier molecular flexibility index (Phi) is 8.32. The number of benzene rings is 1. The lowest BCUT2D eigenvalue weighted by atomic mass is 9.37. The van der Waals surface area contributed by atoms with Crippen LogP contribution in [0.2, 0.25) is 0 Å². The van der Waals surface area contributed by atoms with Crippen molar-refractivity contribution in [3.05, 3.63) is 28.8 Å². The van der Waals surface area contributed by atoms with Gasteiger partial charge in [0.25, 0.3) is 0 Å². The number of Topliss-reactive ketones (excluding diaryl/α,β-unsaturated/α-hetero) is 6. The lowest BCUT2D eigenvalue weighted by Crippen LogP contribution is -2.82. The van der Waals surface area contributed by atoms with Crippen LogP contribution in [-0.4, -0.2) is 62.6 Å². The maximum atomic E-state index is 14.8. The molecule has 4 aliphatic carbocycles. The first-order valence-corrected chi connectivity index (χ1v) is 16.4. The van der Waals surface area contributed by atoms with E-state index in [2.05, 4.69) is 0 Å². The van der Waals surface area contributed by atoms with E-state index in [1.807, 2.05) is 0 Å². The second kappa shape index (κ2) is 11.3. The van der Waals surface area contributed by atoms with Gasteiger partial charge in [0.15, 0.2) is 28.7 Å². The molecule has 4 aliphatic rings. The lowest BCUT2D eigenvalue weighted by Gasteiger charge is -2.66. The van der Waals surface area contributed by atoms with Crippen LogP contribution in [-0.2, 0) is 39.9 Å². The van der Waals surface area contributed by atoms with Crippen LogP contribution in [0.5, 0.6) is 5.75 Å². The molecule has 0 heterocycles. The third-order valence-corrected chi connectivity index (χ3v) is 12.0. The Morgan fingerprint density at radius 1 is 1.02 bits per heavy atom. The first-order chi connectivity index (χ1) is 21.4. The van der Waals surface area contributed by atoms with E-state index in [1.165, 1.54) is 13.0 Å². The molecule has 248 valence electrons. The molecule has 1 aromatic rings. The third-order valence-electron chi connectivity index (χ3n) is 12.0. The molecule has 0 aromatic heterocycles. The molecular formula is C36H44O10. The fourth-order valence-electron chi connectivity index (χ4n) is 9.67. The van der Waals surface area contributed by atoms with E-state index >= 15 is 0 Å². The number of carbonyl (C=O) groups is 7. The molecule has 2 N–H and O–H groups in total. The van der Waals surface area contributed by atoms with Crippen molar-refractivity contribution in [1.82, 2.24) is 0 Å². The number of ether oxygens (including phenoxy) is 1. The van der Waals surface area contributed by atoms with Crippen molar-refractivity contribution >= 4 is 40.7 Å². The van der Waals surface area contributed by atoms with Gasteiger partial charge in [0.05, 0.1) is 16.9 Å². The summed E-state index contributed by atoms with van der Waals surface area (Å²) in [6.45, 7) is 10.6. The van der Waals surface area contributed by atoms with Crippen LogP contribution in [0.25, 0.3) is 0 Å². The van der Waals surface area contributed by atoms with Gasteiger partial charge in [0.1, 0.15) is 29.3 Å². The summed E-state index contributed by atoms with van der Waals surface area (Å²) < 4.78 is 6.12. The van der Waals surface area contributed by atoms with Gasteiger partial charge in [-0.1, -0.05) is 60.5 Å². The molecule has 10 heteroatoms. The van der Waals surface area contributed by atoms with Crippen LogP contribution in [0.4, 0.5) is 0 Å². The lowest BCUT2D eigenvalue weighted by molar-refractivity contribution is -0.248. The number of fused-ring (bicyclic) bond motifs is 3. The Morgan fingerprint density at radius 3 is 2.17 bits per heavy atom. The molecule has 3 unspecified atom stereocenters. The number of hydrogen-bond acceptors (Lipinski definition) is 10.